The highest BCUT2D eigenvalue weighted by Crippen LogP contribution is 2.22. The minimum absolute atomic E-state index is 0.0696. The van der Waals surface area contributed by atoms with E-state index in [9.17, 15) is 5.11 Å². The first kappa shape index (κ1) is 12.9. The average Bonchev–Trinajstić information content (AvgIpc) is 2.20. The summed E-state index contributed by atoms with van der Waals surface area (Å²) in [5, 5.41) is 9.24. The van der Waals surface area contributed by atoms with Crippen molar-refractivity contribution in [2.45, 2.75) is 53.2 Å². The average molecular weight is 224 g/mol. The van der Waals surface area contributed by atoms with Gasteiger partial charge in [-0.1, -0.05) is 13.8 Å². The van der Waals surface area contributed by atoms with E-state index in [0.29, 0.717) is 17.4 Å². The van der Waals surface area contributed by atoms with Crippen LogP contribution in [0.3, 0.4) is 0 Å². The zero-order valence-electron chi connectivity index (χ0n) is 10.6. The van der Waals surface area contributed by atoms with Crippen molar-refractivity contribution in [1.82, 2.24) is 9.97 Å². The van der Waals surface area contributed by atoms with Crippen molar-refractivity contribution in [1.29, 1.82) is 0 Å². The monoisotopic (exact) mass is 224 g/mol. The lowest BCUT2D eigenvalue weighted by Crippen LogP contribution is -2.13. The van der Waals surface area contributed by atoms with E-state index in [-0.39, 0.29) is 18.6 Å². The molecule has 90 valence electrons. The van der Waals surface area contributed by atoms with E-state index in [1.54, 1.807) is 0 Å². The second-order valence-corrected chi connectivity index (χ2v) is 4.44. The molecule has 1 heterocycles. The zero-order chi connectivity index (χ0) is 12.3. The summed E-state index contributed by atoms with van der Waals surface area (Å²) in [6.07, 6.45) is 0.0696. The van der Waals surface area contributed by atoms with Crippen molar-refractivity contribution < 1.29 is 9.84 Å². The fraction of sp³-hybridized carbons (Fsp3) is 0.667. The van der Waals surface area contributed by atoms with Gasteiger partial charge in [0.25, 0.3) is 0 Å². The predicted molar refractivity (Wildman–Crippen MR) is 62.5 cm³/mol. The fourth-order valence-corrected chi connectivity index (χ4v) is 1.31. The van der Waals surface area contributed by atoms with E-state index >= 15 is 0 Å². The van der Waals surface area contributed by atoms with Crippen molar-refractivity contribution in [2.24, 2.45) is 0 Å². The highest BCUT2D eigenvalue weighted by Gasteiger charge is 2.14. The molecular formula is C12H20N2O2. The van der Waals surface area contributed by atoms with Gasteiger partial charge in [-0.05, 0) is 20.8 Å². The maximum atomic E-state index is 9.24. The predicted octanol–water partition coefficient (Wildman–Crippen LogP) is 2.19. The molecule has 1 N–H and O–H groups in total. The van der Waals surface area contributed by atoms with Crippen LogP contribution in [0.15, 0.2) is 0 Å². The molecule has 0 radical (unpaired) electrons. The third kappa shape index (κ3) is 2.92. The molecule has 0 aliphatic carbocycles. The molecule has 0 saturated heterocycles. The molecule has 4 heteroatoms. The molecule has 0 aliphatic rings. The normalized spacial score (nSPS) is 11.2. The van der Waals surface area contributed by atoms with Gasteiger partial charge in [-0.25, -0.2) is 4.98 Å². The Morgan fingerprint density at radius 1 is 1.19 bits per heavy atom. The van der Waals surface area contributed by atoms with Crippen LogP contribution in [0.1, 0.15) is 50.7 Å². The highest BCUT2D eigenvalue weighted by atomic mass is 16.5. The van der Waals surface area contributed by atoms with Crippen LogP contribution in [0, 0.1) is 6.92 Å². The van der Waals surface area contributed by atoms with Crippen LogP contribution in [0.25, 0.3) is 0 Å². The van der Waals surface area contributed by atoms with Crippen LogP contribution < -0.4 is 4.74 Å². The summed E-state index contributed by atoms with van der Waals surface area (Å²) in [5.41, 5.74) is 1.47. The number of rotatable bonds is 4. The van der Waals surface area contributed by atoms with Gasteiger partial charge in [0.05, 0.1) is 18.4 Å². The number of hydrogen-bond acceptors (Lipinski definition) is 4. The maximum Gasteiger partial charge on any atom is 0.220 e. The Morgan fingerprint density at radius 2 is 1.81 bits per heavy atom. The van der Waals surface area contributed by atoms with Gasteiger partial charge < -0.3 is 9.84 Å². The Bertz CT molecular complexity index is 362. The summed E-state index contributed by atoms with van der Waals surface area (Å²) < 4.78 is 5.62. The molecule has 0 unspecified atom stereocenters. The van der Waals surface area contributed by atoms with E-state index in [0.717, 1.165) is 5.56 Å². The smallest absolute Gasteiger partial charge is 0.220 e. The second kappa shape index (κ2) is 5.25. The summed E-state index contributed by atoms with van der Waals surface area (Å²) in [6, 6.07) is 0. The summed E-state index contributed by atoms with van der Waals surface area (Å²) >= 11 is 0. The van der Waals surface area contributed by atoms with Crippen LogP contribution >= 0.6 is 0 Å². The minimum Gasteiger partial charge on any atom is -0.475 e. The Kier molecular flexibility index (Phi) is 4.24. The number of ether oxygens (including phenoxy) is 1. The highest BCUT2D eigenvalue weighted by molar-refractivity contribution is 5.30. The molecule has 0 saturated carbocycles. The molecule has 1 aromatic rings. The molecule has 0 spiro atoms. The van der Waals surface area contributed by atoms with Gasteiger partial charge in [0.2, 0.25) is 5.88 Å². The number of aliphatic hydroxyl groups excluding tert-OH is 1. The van der Waals surface area contributed by atoms with E-state index in [2.05, 4.69) is 9.97 Å². The molecule has 0 fully saturated rings. The lowest BCUT2D eigenvalue weighted by Gasteiger charge is -2.15. The fourth-order valence-electron chi connectivity index (χ4n) is 1.31. The van der Waals surface area contributed by atoms with Gasteiger partial charge in [-0.2, -0.15) is 4.98 Å². The SMILES string of the molecule is Cc1c(CO)nc(C(C)C)nc1OC(C)C. The maximum absolute atomic E-state index is 9.24. The largest absolute Gasteiger partial charge is 0.475 e. The van der Waals surface area contributed by atoms with Crippen molar-refractivity contribution in [3.8, 4) is 5.88 Å². The van der Waals surface area contributed by atoms with Crippen LogP contribution in [-0.2, 0) is 6.61 Å². The quantitative estimate of drug-likeness (QED) is 0.851. The first-order valence-corrected chi connectivity index (χ1v) is 5.60. The summed E-state index contributed by atoms with van der Waals surface area (Å²) in [5.74, 6) is 1.52. The van der Waals surface area contributed by atoms with Crippen molar-refractivity contribution in [3.63, 3.8) is 0 Å². The third-order valence-electron chi connectivity index (χ3n) is 2.23. The summed E-state index contributed by atoms with van der Waals surface area (Å²) in [7, 11) is 0. The molecule has 16 heavy (non-hydrogen) atoms. The number of aliphatic hydroxyl groups is 1. The third-order valence-corrected chi connectivity index (χ3v) is 2.23. The Morgan fingerprint density at radius 3 is 2.25 bits per heavy atom. The van der Waals surface area contributed by atoms with Gasteiger partial charge in [-0.3, -0.25) is 0 Å². The lowest BCUT2D eigenvalue weighted by molar-refractivity contribution is 0.225. The Balaban J connectivity index is 3.19. The van der Waals surface area contributed by atoms with Gasteiger partial charge in [0.1, 0.15) is 5.82 Å². The van der Waals surface area contributed by atoms with Crippen LogP contribution in [0.5, 0.6) is 5.88 Å². The summed E-state index contributed by atoms with van der Waals surface area (Å²) in [4.78, 5) is 8.69. The van der Waals surface area contributed by atoms with Gasteiger partial charge in [0.15, 0.2) is 0 Å². The van der Waals surface area contributed by atoms with Crippen molar-refractivity contribution >= 4 is 0 Å². The molecule has 1 rings (SSSR count). The van der Waals surface area contributed by atoms with Crippen molar-refractivity contribution in [2.75, 3.05) is 0 Å². The number of aromatic nitrogens is 2. The van der Waals surface area contributed by atoms with Crippen molar-refractivity contribution in [3.05, 3.63) is 17.1 Å². The zero-order valence-corrected chi connectivity index (χ0v) is 10.6. The number of nitrogens with zero attached hydrogens (tertiary/aromatic N) is 2. The van der Waals surface area contributed by atoms with E-state index < -0.39 is 0 Å². The topological polar surface area (TPSA) is 55.2 Å². The van der Waals surface area contributed by atoms with Gasteiger partial charge in [-0.15, -0.1) is 0 Å². The van der Waals surface area contributed by atoms with Crippen LogP contribution in [-0.4, -0.2) is 21.2 Å². The number of hydrogen-bond donors (Lipinski definition) is 1. The first-order chi connectivity index (χ1) is 7.45. The molecule has 0 bridgehead atoms. The van der Waals surface area contributed by atoms with Crippen LogP contribution in [0.2, 0.25) is 0 Å². The molecular weight excluding hydrogens is 204 g/mol. The molecule has 0 amide bonds. The van der Waals surface area contributed by atoms with Crippen LogP contribution in [0.4, 0.5) is 0 Å². The van der Waals surface area contributed by atoms with E-state index in [4.69, 9.17) is 4.74 Å². The standard InChI is InChI=1S/C12H20N2O2/c1-7(2)11-13-10(6-15)9(5)12(14-11)16-8(3)4/h7-8,15H,6H2,1-5H3. The molecule has 4 nitrogen and oxygen atoms in total. The molecule has 0 atom stereocenters. The Labute approximate surface area is 96.7 Å². The molecule has 1 aromatic heterocycles. The summed E-state index contributed by atoms with van der Waals surface area (Å²) in [6.45, 7) is 9.73. The van der Waals surface area contributed by atoms with E-state index in [1.165, 1.54) is 0 Å². The van der Waals surface area contributed by atoms with Gasteiger partial charge in [0, 0.05) is 11.5 Å². The van der Waals surface area contributed by atoms with E-state index in [1.807, 2.05) is 34.6 Å². The lowest BCUT2D eigenvalue weighted by atomic mass is 10.2. The molecule has 0 aliphatic heterocycles. The second-order valence-electron chi connectivity index (χ2n) is 4.44. The first-order valence-electron chi connectivity index (χ1n) is 5.60. The van der Waals surface area contributed by atoms with Gasteiger partial charge >= 0.3 is 0 Å². The Hall–Kier alpha value is -1.16. The minimum atomic E-state index is -0.0808. The molecule has 0 aromatic carbocycles.